The van der Waals surface area contributed by atoms with Crippen molar-refractivity contribution >= 4 is 5.97 Å². The molecule has 0 saturated heterocycles. The Morgan fingerprint density at radius 1 is 1.33 bits per heavy atom. The molecule has 0 spiro atoms. The summed E-state index contributed by atoms with van der Waals surface area (Å²) in [5.74, 6) is -0.217. The van der Waals surface area contributed by atoms with Gasteiger partial charge in [0.15, 0.2) is 0 Å². The number of carbonyl (C=O) groups is 1. The first-order chi connectivity index (χ1) is 8.70. The van der Waals surface area contributed by atoms with E-state index >= 15 is 0 Å². The largest absolute Gasteiger partial charge is 0.497 e. The summed E-state index contributed by atoms with van der Waals surface area (Å²) in [5.41, 5.74) is 0.0291. The lowest BCUT2D eigenvalue weighted by atomic mass is 10.2. The lowest BCUT2D eigenvalue weighted by Crippen LogP contribution is -2.01. The Morgan fingerprint density at radius 2 is 2.17 bits per heavy atom. The topological polar surface area (TPSA) is 81.5 Å². The number of aromatic nitrogens is 2. The van der Waals surface area contributed by atoms with Crippen molar-refractivity contribution in [3.05, 3.63) is 42.1 Å². The fourth-order valence-electron chi connectivity index (χ4n) is 1.35. The summed E-state index contributed by atoms with van der Waals surface area (Å²) < 4.78 is 10.4. The molecule has 0 radical (unpaired) electrons. The Hall–Kier alpha value is -2.63. The lowest BCUT2D eigenvalue weighted by Gasteiger charge is -2.08. The van der Waals surface area contributed by atoms with E-state index in [2.05, 4.69) is 10.2 Å². The van der Waals surface area contributed by atoms with Gasteiger partial charge < -0.3 is 14.6 Å². The molecule has 0 aliphatic carbocycles. The van der Waals surface area contributed by atoms with Gasteiger partial charge in [0.1, 0.15) is 17.1 Å². The number of carboxylic acids is 1. The maximum atomic E-state index is 11.1. The fraction of sp³-hybridized carbons (Fsp3) is 0.0833. The molecule has 6 heteroatoms. The molecule has 0 aliphatic rings. The molecule has 0 unspecified atom stereocenters. The normalized spacial score (nSPS) is 9.83. The van der Waals surface area contributed by atoms with E-state index in [1.165, 1.54) is 25.4 Å². The van der Waals surface area contributed by atoms with Crippen molar-refractivity contribution in [1.29, 1.82) is 0 Å². The third-order valence-corrected chi connectivity index (χ3v) is 2.18. The van der Waals surface area contributed by atoms with Crippen LogP contribution >= 0.6 is 0 Å². The van der Waals surface area contributed by atoms with Crippen molar-refractivity contribution in [1.82, 2.24) is 10.2 Å². The first-order valence-electron chi connectivity index (χ1n) is 5.07. The molecule has 2 aromatic rings. The Balaban J connectivity index is 2.38. The minimum absolute atomic E-state index is 0.0291. The predicted molar refractivity (Wildman–Crippen MR) is 62.1 cm³/mol. The molecular formula is C12H10N2O4. The summed E-state index contributed by atoms with van der Waals surface area (Å²) >= 11 is 0. The summed E-state index contributed by atoms with van der Waals surface area (Å²) in [7, 11) is 1.49. The van der Waals surface area contributed by atoms with Crippen LogP contribution in [0.15, 0.2) is 36.5 Å². The van der Waals surface area contributed by atoms with Gasteiger partial charge in [-0.3, -0.25) is 0 Å². The Morgan fingerprint density at radius 3 is 2.78 bits per heavy atom. The molecule has 0 fully saturated rings. The summed E-state index contributed by atoms with van der Waals surface area (Å²) in [6, 6.07) is 7.67. The van der Waals surface area contributed by atoms with Crippen molar-refractivity contribution in [2.45, 2.75) is 0 Å². The molecule has 0 saturated carbocycles. The third-order valence-electron chi connectivity index (χ3n) is 2.18. The molecule has 18 heavy (non-hydrogen) atoms. The quantitative estimate of drug-likeness (QED) is 0.888. The zero-order chi connectivity index (χ0) is 13.0. The molecule has 1 N–H and O–H groups in total. The van der Waals surface area contributed by atoms with Gasteiger partial charge >= 0.3 is 5.97 Å². The molecule has 0 atom stereocenters. The van der Waals surface area contributed by atoms with Crippen LogP contribution in [0.5, 0.6) is 17.4 Å². The summed E-state index contributed by atoms with van der Waals surface area (Å²) in [6.07, 6.45) is 1.50. The van der Waals surface area contributed by atoms with Gasteiger partial charge in [0, 0.05) is 18.3 Å². The molecular weight excluding hydrogens is 236 g/mol. The average molecular weight is 246 g/mol. The van der Waals surface area contributed by atoms with Gasteiger partial charge in [-0.15, -0.1) is 5.10 Å². The van der Waals surface area contributed by atoms with Crippen LogP contribution in [-0.4, -0.2) is 28.4 Å². The number of benzene rings is 1. The van der Waals surface area contributed by atoms with Gasteiger partial charge in [0.25, 0.3) is 0 Å². The van der Waals surface area contributed by atoms with Crippen molar-refractivity contribution in [3.8, 4) is 17.4 Å². The predicted octanol–water partition coefficient (Wildman–Crippen LogP) is 1.98. The van der Waals surface area contributed by atoms with Crippen molar-refractivity contribution in [2.24, 2.45) is 0 Å². The lowest BCUT2D eigenvalue weighted by molar-refractivity contribution is 0.0694. The summed E-state index contributed by atoms with van der Waals surface area (Å²) in [4.78, 5) is 11.1. The molecule has 92 valence electrons. The van der Waals surface area contributed by atoms with Crippen LogP contribution in [-0.2, 0) is 0 Å². The standard InChI is InChI=1S/C12H10N2O4/c1-17-8-4-5-9(12(15)16)10(7-8)18-11-3-2-6-13-14-11/h2-7H,1H3,(H,15,16). The van der Waals surface area contributed by atoms with Crippen LogP contribution in [0.1, 0.15) is 10.4 Å². The first kappa shape index (κ1) is 11.8. The number of hydrogen-bond acceptors (Lipinski definition) is 5. The van der Waals surface area contributed by atoms with Crippen LogP contribution < -0.4 is 9.47 Å². The van der Waals surface area contributed by atoms with E-state index in [1.54, 1.807) is 18.2 Å². The van der Waals surface area contributed by atoms with Gasteiger partial charge in [-0.1, -0.05) is 0 Å². The van der Waals surface area contributed by atoms with Crippen LogP contribution in [0.3, 0.4) is 0 Å². The van der Waals surface area contributed by atoms with E-state index in [1.807, 2.05) is 0 Å². The van der Waals surface area contributed by atoms with E-state index in [9.17, 15) is 4.79 Å². The van der Waals surface area contributed by atoms with Crippen molar-refractivity contribution < 1.29 is 19.4 Å². The highest BCUT2D eigenvalue weighted by atomic mass is 16.5. The molecule has 0 amide bonds. The summed E-state index contributed by atoms with van der Waals surface area (Å²) in [5, 5.41) is 16.4. The highest BCUT2D eigenvalue weighted by Gasteiger charge is 2.13. The Bertz CT molecular complexity index is 557. The maximum Gasteiger partial charge on any atom is 0.339 e. The zero-order valence-corrected chi connectivity index (χ0v) is 9.53. The second kappa shape index (κ2) is 5.13. The summed E-state index contributed by atoms with van der Waals surface area (Å²) in [6.45, 7) is 0. The first-order valence-corrected chi connectivity index (χ1v) is 5.07. The smallest absolute Gasteiger partial charge is 0.339 e. The molecule has 2 rings (SSSR count). The second-order valence-electron chi connectivity index (χ2n) is 3.33. The van der Waals surface area contributed by atoms with E-state index in [0.29, 0.717) is 5.75 Å². The van der Waals surface area contributed by atoms with E-state index < -0.39 is 5.97 Å². The molecule has 0 aliphatic heterocycles. The minimum atomic E-state index is -1.09. The molecule has 1 aromatic heterocycles. The second-order valence-corrected chi connectivity index (χ2v) is 3.33. The monoisotopic (exact) mass is 246 g/mol. The average Bonchev–Trinajstić information content (AvgIpc) is 2.39. The van der Waals surface area contributed by atoms with Gasteiger partial charge in [0.05, 0.1) is 7.11 Å². The number of aromatic carboxylic acids is 1. The van der Waals surface area contributed by atoms with Gasteiger partial charge in [-0.25, -0.2) is 4.79 Å². The zero-order valence-electron chi connectivity index (χ0n) is 9.53. The fourth-order valence-corrected chi connectivity index (χ4v) is 1.35. The molecule has 1 aromatic carbocycles. The molecule has 0 bridgehead atoms. The van der Waals surface area contributed by atoms with Gasteiger partial charge in [-0.05, 0) is 18.2 Å². The Kier molecular flexibility index (Phi) is 3.38. The number of carboxylic acid groups (broad SMARTS) is 1. The number of nitrogens with zero attached hydrogens (tertiary/aromatic N) is 2. The minimum Gasteiger partial charge on any atom is -0.497 e. The van der Waals surface area contributed by atoms with Crippen LogP contribution in [0, 0.1) is 0 Å². The maximum absolute atomic E-state index is 11.1. The number of hydrogen-bond donors (Lipinski definition) is 1. The van der Waals surface area contributed by atoms with E-state index in [-0.39, 0.29) is 17.2 Å². The SMILES string of the molecule is COc1ccc(C(=O)O)c(Oc2cccnn2)c1. The molecule has 1 heterocycles. The molecule has 6 nitrogen and oxygen atoms in total. The van der Waals surface area contributed by atoms with Gasteiger partial charge in [0.2, 0.25) is 5.88 Å². The van der Waals surface area contributed by atoms with Crippen molar-refractivity contribution in [3.63, 3.8) is 0 Å². The van der Waals surface area contributed by atoms with Gasteiger partial charge in [-0.2, -0.15) is 5.10 Å². The van der Waals surface area contributed by atoms with Crippen LogP contribution in [0.4, 0.5) is 0 Å². The third kappa shape index (κ3) is 2.54. The Labute approximate surface area is 103 Å². The van der Waals surface area contributed by atoms with E-state index in [0.717, 1.165) is 0 Å². The van der Waals surface area contributed by atoms with Crippen LogP contribution in [0.25, 0.3) is 0 Å². The number of ether oxygens (including phenoxy) is 2. The van der Waals surface area contributed by atoms with Crippen molar-refractivity contribution in [2.75, 3.05) is 7.11 Å². The highest BCUT2D eigenvalue weighted by Crippen LogP contribution is 2.28. The van der Waals surface area contributed by atoms with E-state index in [4.69, 9.17) is 14.6 Å². The van der Waals surface area contributed by atoms with Crippen LogP contribution in [0.2, 0.25) is 0 Å². The number of rotatable bonds is 4. The number of methoxy groups -OCH3 is 1. The highest BCUT2D eigenvalue weighted by molar-refractivity contribution is 5.91.